The van der Waals surface area contributed by atoms with Gasteiger partial charge in [-0.2, -0.15) is 4.98 Å². The normalized spacial score (nSPS) is 25.9. The van der Waals surface area contributed by atoms with Gasteiger partial charge in [-0.05, 0) is 25.7 Å². The largest absolute Gasteiger partial charge is 0.335 e. The molecule has 2 aliphatic rings. The van der Waals surface area contributed by atoms with E-state index < -0.39 is 0 Å². The molecule has 2 N–H and O–H groups in total. The molecule has 0 amide bonds. The molecule has 0 radical (unpaired) electrons. The van der Waals surface area contributed by atoms with Crippen molar-refractivity contribution in [3.8, 4) is 10.7 Å². The fraction of sp³-hybridized carbons (Fsp3) is 0.615. The van der Waals surface area contributed by atoms with Crippen molar-refractivity contribution >= 4 is 17.3 Å². The van der Waals surface area contributed by atoms with Crippen LogP contribution in [-0.2, 0) is 0 Å². The van der Waals surface area contributed by atoms with Gasteiger partial charge in [0.1, 0.15) is 0 Å². The molecule has 2 fully saturated rings. The van der Waals surface area contributed by atoms with Crippen LogP contribution in [0.4, 0.5) is 5.95 Å². The average molecular weight is 290 g/mol. The van der Waals surface area contributed by atoms with Crippen LogP contribution < -0.4 is 10.2 Å². The van der Waals surface area contributed by atoms with Gasteiger partial charge >= 0.3 is 0 Å². The quantitative estimate of drug-likeness (QED) is 0.875. The number of rotatable bonds is 2. The first kappa shape index (κ1) is 12.3. The number of hydrogen-bond donors (Lipinski definition) is 2. The number of anilines is 1. The van der Waals surface area contributed by atoms with Crippen LogP contribution in [0.25, 0.3) is 10.7 Å². The van der Waals surface area contributed by atoms with Gasteiger partial charge < -0.3 is 10.2 Å². The number of aromatic nitrogens is 4. The van der Waals surface area contributed by atoms with Crippen molar-refractivity contribution in [2.24, 2.45) is 5.92 Å². The molecule has 2 unspecified atom stereocenters. The minimum Gasteiger partial charge on any atom is -0.335 e. The number of nitrogens with one attached hydrogen (secondary N) is 2. The van der Waals surface area contributed by atoms with E-state index in [1.54, 1.807) is 11.3 Å². The Morgan fingerprint density at radius 1 is 1.40 bits per heavy atom. The molecule has 0 bridgehead atoms. The third-order valence-corrected chi connectivity index (χ3v) is 5.30. The highest BCUT2D eigenvalue weighted by molar-refractivity contribution is 7.13. The van der Waals surface area contributed by atoms with E-state index in [4.69, 9.17) is 4.98 Å². The molecule has 0 aromatic carbocycles. The first-order chi connectivity index (χ1) is 9.83. The highest BCUT2D eigenvalue weighted by Gasteiger charge is 2.36. The van der Waals surface area contributed by atoms with Crippen molar-refractivity contribution in [2.45, 2.75) is 25.8 Å². The van der Waals surface area contributed by atoms with E-state index in [2.05, 4.69) is 25.4 Å². The summed E-state index contributed by atoms with van der Waals surface area (Å²) < 4.78 is 0. The van der Waals surface area contributed by atoms with Gasteiger partial charge in [0.25, 0.3) is 0 Å². The Kier molecular flexibility index (Phi) is 2.96. The fourth-order valence-electron chi connectivity index (χ4n) is 3.33. The minimum absolute atomic E-state index is 0.551. The molecule has 2 saturated heterocycles. The second kappa shape index (κ2) is 4.82. The topological polar surface area (TPSA) is 69.7 Å². The molecule has 2 aliphatic heterocycles. The van der Waals surface area contributed by atoms with Crippen LogP contribution in [0.1, 0.15) is 18.5 Å². The number of aromatic amines is 1. The Morgan fingerprint density at radius 3 is 3.20 bits per heavy atom. The number of piperidine rings is 1. The number of nitrogens with zero attached hydrogens (tertiary/aromatic N) is 4. The third kappa shape index (κ3) is 1.92. The molecular weight excluding hydrogens is 272 g/mol. The van der Waals surface area contributed by atoms with Gasteiger partial charge in [0.05, 0.1) is 16.1 Å². The summed E-state index contributed by atoms with van der Waals surface area (Å²) in [6.07, 6.45) is 2.55. The molecule has 6 nitrogen and oxygen atoms in total. The number of thiazole rings is 1. The van der Waals surface area contributed by atoms with E-state index in [-0.39, 0.29) is 0 Å². The molecule has 4 heterocycles. The maximum atomic E-state index is 4.70. The number of fused-ring (bicyclic) bond motifs is 1. The predicted octanol–water partition coefficient (Wildman–Crippen LogP) is 1.42. The lowest BCUT2D eigenvalue weighted by Crippen LogP contribution is -2.45. The summed E-state index contributed by atoms with van der Waals surface area (Å²) in [4.78, 5) is 12.4. The van der Waals surface area contributed by atoms with Gasteiger partial charge in [0.2, 0.25) is 5.95 Å². The number of hydrogen-bond acceptors (Lipinski definition) is 6. The van der Waals surface area contributed by atoms with Crippen LogP contribution in [0.2, 0.25) is 0 Å². The maximum Gasteiger partial charge on any atom is 0.245 e. The van der Waals surface area contributed by atoms with E-state index in [9.17, 15) is 0 Å². The lowest BCUT2D eigenvalue weighted by atomic mass is 9.92. The van der Waals surface area contributed by atoms with E-state index in [1.807, 2.05) is 12.4 Å². The standard InChI is InChI=1S/C13H18N6S/c1-8-11(20-7-15-8)12-16-13(18-17-12)19-4-2-3-9-5-14-6-10(9)19/h7,9-10,14H,2-6H2,1H3,(H,16,17,18). The second-order valence-corrected chi connectivity index (χ2v) is 6.43. The zero-order valence-corrected chi connectivity index (χ0v) is 12.3. The van der Waals surface area contributed by atoms with Crippen LogP contribution >= 0.6 is 11.3 Å². The van der Waals surface area contributed by atoms with Crippen molar-refractivity contribution in [1.82, 2.24) is 25.5 Å². The smallest absolute Gasteiger partial charge is 0.245 e. The summed E-state index contributed by atoms with van der Waals surface area (Å²) in [5.74, 6) is 2.43. The van der Waals surface area contributed by atoms with Crippen molar-refractivity contribution in [3.05, 3.63) is 11.2 Å². The maximum absolute atomic E-state index is 4.70. The summed E-state index contributed by atoms with van der Waals surface area (Å²) in [6.45, 7) is 5.24. The highest BCUT2D eigenvalue weighted by atomic mass is 32.1. The first-order valence-electron chi connectivity index (χ1n) is 7.13. The van der Waals surface area contributed by atoms with Gasteiger partial charge in [-0.25, -0.2) is 4.98 Å². The molecule has 2 aromatic heterocycles. The van der Waals surface area contributed by atoms with Crippen molar-refractivity contribution in [3.63, 3.8) is 0 Å². The van der Waals surface area contributed by atoms with E-state index in [0.717, 1.165) is 47.9 Å². The Hall–Kier alpha value is -1.47. The zero-order valence-electron chi connectivity index (χ0n) is 11.5. The summed E-state index contributed by atoms with van der Waals surface area (Å²) in [7, 11) is 0. The summed E-state index contributed by atoms with van der Waals surface area (Å²) >= 11 is 1.61. The molecule has 20 heavy (non-hydrogen) atoms. The Balaban J connectivity index is 1.63. The summed E-state index contributed by atoms with van der Waals surface area (Å²) in [5, 5.41) is 11.0. The third-order valence-electron chi connectivity index (χ3n) is 4.37. The molecule has 0 aliphatic carbocycles. The summed E-state index contributed by atoms with van der Waals surface area (Å²) in [5.41, 5.74) is 2.86. The monoisotopic (exact) mass is 290 g/mol. The fourth-order valence-corrected chi connectivity index (χ4v) is 4.07. The van der Waals surface area contributed by atoms with Crippen LogP contribution in [0.15, 0.2) is 5.51 Å². The molecule has 4 rings (SSSR count). The van der Waals surface area contributed by atoms with Gasteiger partial charge in [-0.15, -0.1) is 16.4 Å². The SMILES string of the molecule is Cc1ncsc1-c1nc(N2CCCC3CNCC32)n[nH]1. The predicted molar refractivity (Wildman–Crippen MR) is 79.0 cm³/mol. The first-order valence-corrected chi connectivity index (χ1v) is 8.01. The van der Waals surface area contributed by atoms with Gasteiger partial charge in [-0.1, -0.05) is 0 Å². The van der Waals surface area contributed by atoms with Gasteiger partial charge in [0.15, 0.2) is 5.82 Å². The highest BCUT2D eigenvalue weighted by Crippen LogP contribution is 2.31. The number of H-pyrrole nitrogens is 1. The molecular formula is C13H18N6S. The zero-order chi connectivity index (χ0) is 13.5. The van der Waals surface area contributed by atoms with Crippen molar-refractivity contribution < 1.29 is 0 Å². The minimum atomic E-state index is 0.551. The lowest BCUT2D eigenvalue weighted by molar-refractivity contribution is 0.381. The van der Waals surface area contributed by atoms with Crippen molar-refractivity contribution in [1.29, 1.82) is 0 Å². The molecule has 7 heteroatoms. The molecule has 106 valence electrons. The second-order valence-electron chi connectivity index (χ2n) is 5.57. The van der Waals surface area contributed by atoms with E-state index in [1.165, 1.54) is 12.8 Å². The molecule has 2 atom stereocenters. The van der Waals surface area contributed by atoms with Crippen molar-refractivity contribution in [2.75, 3.05) is 24.5 Å². The van der Waals surface area contributed by atoms with E-state index >= 15 is 0 Å². The van der Waals surface area contributed by atoms with E-state index in [0.29, 0.717) is 6.04 Å². The number of aryl methyl sites for hydroxylation is 1. The van der Waals surface area contributed by atoms with Gasteiger partial charge in [-0.3, -0.25) is 5.10 Å². The Morgan fingerprint density at radius 2 is 2.35 bits per heavy atom. The molecule has 0 spiro atoms. The van der Waals surface area contributed by atoms with Gasteiger partial charge in [0, 0.05) is 25.7 Å². The lowest BCUT2D eigenvalue weighted by Gasteiger charge is -2.36. The van der Waals surface area contributed by atoms with Crippen LogP contribution in [-0.4, -0.2) is 45.8 Å². The van der Waals surface area contributed by atoms with Crippen LogP contribution in [0.3, 0.4) is 0 Å². The Labute approximate surface area is 121 Å². The van der Waals surface area contributed by atoms with Crippen LogP contribution in [0, 0.1) is 12.8 Å². The molecule has 0 saturated carbocycles. The Bertz CT molecular complexity index is 606. The summed E-state index contributed by atoms with van der Waals surface area (Å²) in [6, 6.07) is 0.551. The van der Waals surface area contributed by atoms with Crippen LogP contribution in [0.5, 0.6) is 0 Å². The average Bonchev–Trinajstić information content (AvgIpc) is 3.17. The molecule has 2 aromatic rings.